The van der Waals surface area contributed by atoms with E-state index in [4.69, 9.17) is 29.6 Å². The highest BCUT2D eigenvalue weighted by molar-refractivity contribution is 6.38. The lowest BCUT2D eigenvalue weighted by atomic mass is 10.1. The molecule has 0 aliphatic rings. The van der Waals surface area contributed by atoms with Crippen molar-refractivity contribution in [3.05, 3.63) is 22.2 Å². The summed E-state index contributed by atoms with van der Waals surface area (Å²) >= 11 is 11.5. The van der Waals surface area contributed by atoms with Gasteiger partial charge in [0.2, 0.25) is 0 Å². The summed E-state index contributed by atoms with van der Waals surface area (Å²) in [6, 6.07) is 0. The van der Waals surface area contributed by atoms with E-state index in [0.29, 0.717) is 0 Å². The molecule has 0 saturated carbocycles. The van der Waals surface area contributed by atoms with Crippen molar-refractivity contribution in [2.75, 3.05) is 0 Å². The molecule has 1 heterocycles. The summed E-state index contributed by atoms with van der Waals surface area (Å²) in [7, 11) is 0. The van der Waals surface area contributed by atoms with Crippen molar-refractivity contribution in [2.45, 2.75) is 33.2 Å². The first-order valence-electron chi connectivity index (χ1n) is 5.33. The van der Waals surface area contributed by atoms with Gasteiger partial charge < -0.3 is 5.32 Å². The van der Waals surface area contributed by atoms with Crippen LogP contribution < -0.4 is 5.32 Å². The van der Waals surface area contributed by atoms with Gasteiger partial charge in [-0.05, 0) is 13.8 Å². The van der Waals surface area contributed by atoms with Crippen molar-refractivity contribution in [1.82, 2.24) is 15.3 Å². The first kappa shape index (κ1) is 16.7. The lowest BCUT2D eigenvalue weighted by molar-refractivity contribution is 0.0929. The highest BCUT2D eigenvalue weighted by Crippen LogP contribution is 2.20. The maximum absolute atomic E-state index is 11.8. The van der Waals surface area contributed by atoms with E-state index in [-0.39, 0.29) is 15.9 Å². The van der Waals surface area contributed by atoms with Crippen LogP contribution in [0.3, 0.4) is 0 Å². The second kappa shape index (κ2) is 7.20. The number of halogens is 2. The van der Waals surface area contributed by atoms with Crippen molar-refractivity contribution in [3.63, 3.8) is 0 Å². The van der Waals surface area contributed by atoms with Gasteiger partial charge in [-0.3, -0.25) is 4.79 Å². The summed E-state index contributed by atoms with van der Waals surface area (Å²) in [6.45, 7) is 7.35. The zero-order valence-electron chi connectivity index (χ0n) is 10.7. The van der Waals surface area contributed by atoms with E-state index in [2.05, 4.69) is 21.2 Å². The molecular formula is C12H15Cl2N3O. The van der Waals surface area contributed by atoms with Gasteiger partial charge in [0, 0.05) is 0 Å². The first-order valence-corrected chi connectivity index (χ1v) is 6.09. The van der Waals surface area contributed by atoms with Gasteiger partial charge in [0.05, 0.1) is 5.54 Å². The smallest absolute Gasteiger partial charge is 0.258 e. The average Bonchev–Trinajstić information content (AvgIpc) is 2.31. The zero-order valence-corrected chi connectivity index (χ0v) is 12.2. The van der Waals surface area contributed by atoms with Crippen LogP contribution >= 0.6 is 23.2 Å². The predicted molar refractivity (Wildman–Crippen MR) is 73.8 cm³/mol. The van der Waals surface area contributed by atoms with Gasteiger partial charge in [0.25, 0.3) is 5.91 Å². The molecule has 0 aliphatic carbocycles. The van der Waals surface area contributed by atoms with E-state index >= 15 is 0 Å². The zero-order chi connectivity index (χ0) is 14.3. The minimum absolute atomic E-state index is 0.00896. The Kier molecular flexibility index (Phi) is 6.67. The van der Waals surface area contributed by atoms with E-state index in [1.165, 1.54) is 6.33 Å². The van der Waals surface area contributed by atoms with Crippen LogP contribution in [0, 0.1) is 12.3 Å². The number of nitrogens with one attached hydrogen (secondary N) is 1. The molecule has 1 aromatic rings. The van der Waals surface area contributed by atoms with Gasteiger partial charge in [-0.25, -0.2) is 9.97 Å². The Morgan fingerprint density at radius 1 is 1.33 bits per heavy atom. The Balaban J connectivity index is 0.00000137. The van der Waals surface area contributed by atoms with Crippen molar-refractivity contribution < 1.29 is 4.79 Å². The number of terminal acetylenes is 1. The fourth-order valence-corrected chi connectivity index (χ4v) is 1.40. The molecule has 0 unspecified atom stereocenters. The van der Waals surface area contributed by atoms with Crippen molar-refractivity contribution in [3.8, 4) is 12.3 Å². The molecule has 1 amide bonds. The molecule has 6 heteroatoms. The quantitative estimate of drug-likeness (QED) is 0.672. The van der Waals surface area contributed by atoms with Crippen molar-refractivity contribution in [1.29, 1.82) is 0 Å². The summed E-state index contributed by atoms with van der Waals surface area (Å²) in [6.07, 6.45) is 6.42. The van der Waals surface area contributed by atoms with Crippen LogP contribution in [0.15, 0.2) is 6.33 Å². The van der Waals surface area contributed by atoms with Crippen molar-refractivity contribution in [2.24, 2.45) is 0 Å². The van der Waals surface area contributed by atoms with Crippen molar-refractivity contribution >= 4 is 29.1 Å². The topological polar surface area (TPSA) is 54.9 Å². The number of nitrogens with zero attached hydrogens (tertiary/aromatic N) is 2. The third-order valence-electron chi connectivity index (χ3n) is 1.77. The molecule has 0 atom stereocenters. The third kappa shape index (κ3) is 4.52. The Labute approximate surface area is 117 Å². The van der Waals surface area contributed by atoms with E-state index in [0.717, 1.165) is 0 Å². The van der Waals surface area contributed by atoms with Gasteiger partial charge in [0.1, 0.15) is 22.2 Å². The highest BCUT2D eigenvalue weighted by Gasteiger charge is 2.23. The minimum atomic E-state index is -0.792. The van der Waals surface area contributed by atoms with Crippen LogP contribution in [0.2, 0.25) is 10.3 Å². The number of carbonyl (C=O) groups excluding carboxylic acids is 1. The molecule has 0 radical (unpaired) electrons. The number of hydrogen-bond acceptors (Lipinski definition) is 3. The number of rotatable bonds is 2. The molecule has 1 aromatic heterocycles. The number of hydrogen-bond donors (Lipinski definition) is 1. The van der Waals surface area contributed by atoms with Gasteiger partial charge in [-0.2, -0.15) is 0 Å². The molecule has 0 saturated heterocycles. The molecule has 0 aromatic carbocycles. The fraction of sp³-hybridized carbons (Fsp3) is 0.417. The maximum atomic E-state index is 11.8. The maximum Gasteiger partial charge on any atom is 0.258 e. The van der Waals surface area contributed by atoms with Crippen LogP contribution in [0.1, 0.15) is 38.1 Å². The Bertz CT molecular complexity index is 447. The number of aromatic nitrogens is 2. The van der Waals surface area contributed by atoms with Crippen LogP contribution in [0.25, 0.3) is 0 Å². The molecule has 0 aliphatic heterocycles. The minimum Gasteiger partial charge on any atom is -0.336 e. The Morgan fingerprint density at radius 3 is 2.17 bits per heavy atom. The Morgan fingerprint density at radius 2 is 1.78 bits per heavy atom. The molecule has 1 N–H and O–H groups in total. The van der Waals surface area contributed by atoms with E-state index < -0.39 is 11.4 Å². The molecule has 4 nitrogen and oxygen atoms in total. The highest BCUT2D eigenvalue weighted by atomic mass is 35.5. The normalized spacial score (nSPS) is 9.83. The average molecular weight is 288 g/mol. The number of amides is 1. The molecular weight excluding hydrogens is 273 g/mol. The molecule has 0 spiro atoms. The van der Waals surface area contributed by atoms with Crippen LogP contribution in [0.5, 0.6) is 0 Å². The summed E-state index contributed by atoms with van der Waals surface area (Å²) in [5, 5.41) is 2.56. The lowest BCUT2D eigenvalue weighted by Gasteiger charge is -2.19. The monoisotopic (exact) mass is 287 g/mol. The van der Waals surface area contributed by atoms with Gasteiger partial charge in [-0.1, -0.05) is 43.0 Å². The van der Waals surface area contributed by atoms with Crippen LogP contribution in [0.4, 0.5) is 0 Å². The molecule has 98 valence electrons. The largest absolute Gasteiger partial charge is 0.336 e. The van der Waals surface area contributed by atoms with Crippen LogP contribution in [-0.2, 0) is 0 Å². The van der Waals surface area contributed by atoms with E-state index in [1.54, 1.807) is 13.8 Å². The van der Waals surface area contributed by atoms with Gasteiger partial charge in [0.15, 0.2) is 0 Å². The lowest BCUT2D eigenvalue weighted by Crippen LogP contribution is -2.42. The number of carbonyl (C=O) groups is 1. The summed E-state index contributed by atoms with van der Waals surface area (Å²) in [5.41, 5.74) is -0.770. The first-order chi connectivity index (χ1) is 8.37. The van der Waals surface area contributed by atoms with Gasteiger partial charge >= 0.3 is 0 Å². The molecule has 0 bridgehead atoms. The summed E-state index contributed by atoms with van der Waals surface area (Å²) in [5.74, 6) is 1.92. The second-order valence-corrected chi connectivity index (χ2v) is 4.27. The SMILES string of the molecule is C#CC(C)(C)NC(=O)c1c(Cl)ncnc1Cl.CC. The molecule has 1 rings (SSSR count). The summed E-state index contributed by atoms with van der Waals surface area (Å²) < 4.78 is 0. The second-order valence-electron chi connectivity index (χ2n) is 3.55. The Hall–Kier alpha value is -1.31. The van der Waals surface area contributed by atoms with E-state index in [9.17, 15) is 4.79 Å². The molecule has 0 fully saturated rings. The van der Waals surface area contributed by atoms with Gasteiger partial charge in [-0.15, -0.1) is 6.42 Å². The standard InChI is InChI=1S/C10H9Cl2N3O.C2H6/c1-4-10(2,3)15-9(16)6-7(11)13-5-14-8(6)12;1-2/h1,5H,2-3H3,(H,15,16);1-2H3. The fourth-order valence-electron chi connectivity index (χ4n) is 0.914. The van der Waals surface area contributed by atoms with E-state index in [1.807, 2.05) is 13.8 Å². The third-order valence-corrected chi connectivity index (χ3v) is 2.34. The molecule has 18 heavy (non-hydrogen) atoms. The summed E-state index contributed by atoms with van der Waals surface area (Å²) in [4.78, 5) is 19.2. The predicted octanol–water partition coefficient (Wildman–Crippen LogP) is 2.95. The van der Waals surface area contributed by atoms with Crippen LogP contribution in [-0.4, -0.2) is 21.4 Å².